The fourth-order valence-corrected chi connectivity index (χ4v) is 3.80. The molecule has 5 rings (SSSR count). The SMILES string of the molecule is O=C1Nc2cc(NC(=O)c3cccn(-c4ccc(Cl)cc4)c3=O)ccc2/C1=C/c1ccc[nH]1. The molecule has 0 spiro atoms. The summed E-state index contributed by atoms with van der Waals surface area (Å²) in [5.41, 5.74) is 3.25. The third-order valence-electron chi connectivity index (χ3n) is 5.28. The van der Waals surface area contributed by atoms with E-state index in [0.29, 0.717) is 27.7 Å². The number of fused-ring (bicyclic) bond motifs is 1. The van der Waals surface area contributed by atoms with E-state index in [0.717, 1.165) is 11.3 Å². The van der Waals surface area contributed by atoms with E-state index < -0.39 is 11.5 Å². The molecule has 2 aromatic heterocycles. The van der Waals surface area contributed by atoms with Crippen molar-refractivity contribution >= 4 is 46.4 Å². The van der Waals surface area contributed by atoms with Gasteiger partial charge in [0.2, 0.25) is 0 Å². The first-order valence-corrected chi connectivity index (χ1v) is 10.5. The second-order valence-electron chi connectivity index (χ2n) is 7.43. The first-order valence-electron chi connectivity index (χ1n) is 10.1. The number of carbonyl (C=O) groups excluding carboxylic acids is 2. The highest BCUT2D eigenvalue weighted by molar-refractivity contribution is 6.35. The second kappa shape index (κ2) is 8.29. The van der Waals surface area contributed by atoms with Gasteiger partial charge in [0.25, 0.3) is 17.4 Å². The van der Waals surface area contributed by atoms with E-state index in [2.05, 4.69) is 15.6 Å². The predicted molar refractivity (Wildman–Crippen MR) is 129 cm³/mol. The van der Waals surface area contributed by atoms with Crippen LogP contribution in [-0.2, 0) is 4.79 Å². The van der Waals surface area contributed by atoms with Crippen LogP contribution in [0, 0.1) is 0 Å². The number of nitrogens with one attached hydrogen (secondary N) is 3. The molecular formula is C25H17ClN4O3. The molecule has 0 bridgehead atoms. The molecule has 3 heterocycles. The standard InChI is InChI=1S/C25H17ClN4O3/c26-15-5-8-18(9-6-15)30-12-2-4-20(25(30)33)23(31)28-17-7-10-19-21(13-16-3-1-11-27-16)24(32)29-22(19)14-17/h1-14,27H,(H,28,31)(H,29,32)/b21-13-. The maximum Gasteiger partial charge on any atom is 0.267 e. The molecule has 0 atom stereocenters. The molecule has 1 aliphatic rings. The first-order chi connectivity index (χ1) is 16.0. The van der Waals surface area contributed by atoms with Crippen molar-refractivity contribution in [1.29, 1.82) is 0 Å². The summed E-state index contributed by atoms with van der Waals surface area (Å²) in [7, 11) is 0. The van der Waals surface area contributed by atoms with Gasteiger partial charge in [0.05, 0.1) is 11.3 Å². The molecule has 0 saturated carbocycles. The van der Waals surface area contributed by atoms with Gasteiger partial charge < -0.3 is 15.6 Å². The molecule has 2 aromatic carbocycles. The number of amides is 2. The van der Waals surface area contributed by atoms with Crippen LogP contribution in [0.3, 0.4) is 0 Å². The number of hydrogen-bond acceptors (Lipinski definition) is 3. The van der Waals surface area contributed by atoms with E-state index >= 15 is 0 Å². The smallest absolute Gasteiger partial charge is 0.267 e. The number of hydrogen-bond donors (Lipinski definition) is 3. The van der Waals surface area contributed by atoms with Crippen LogP contribution in [0.25, 0.3) is 17.3 Å². The van der Waals surface area contributed by atoms with E-state index in [1.165, 1.54) is 10.6 Å². The first kappa shape index (κ1) is 20.5. The minimum Gasteiger partial charge on any atom is -0.362 e. The zero-order chi connectivity index (χ0) is 22.9. The number of pyridine rings is 1. The Labute approximate surface area is 193 Å². The highest BCUT2D eigenvalue weighted by Crippen LogP contribution is 2.35. The Morgan fingerprint density at radius 2 is 1.82 bits per heavy atom. The molecule has 0 aliphatic carbocycles. The number of rotatable bonds is 4. The number of H-pyrrole nitrogens is 1. The Balaban J connectivity index is 1.41. The fourth-order valence-electron chi connectivity index (χ4n) is 3.68. The summed E-state index contributed by atoms with van der Waals surface area (Å²) < 4.78 is 1.38. The predicted octanol–water partition coefficient (Wildman–Crippen LogP) is 4.56. The maximum atomic E-state index is 12.9. The van der Waals surface area contributed by atoms with E-state index in [9.17, 15) is 14.4 Å². The molecule has 2 amide bonds. The largest absolute Gasteiger partial charge is 0.362 e. The molecule has 0 unspecified atom stereocenters. The number of halogens is 1. The van der Waals surface area contributed by atoms with Crippen LogP contribution in [0.2, 0.25) is 5.02 Å². The van der Waals surface area contributed by atoms with Crippen molar-refractivity contribution in [2.24, 2.45) is 0 Å². The van der Waals surface area contributed by atoms with Gasteiger partial charge >= 0.3 is 0 Å². The normalized spacial score (nSPS) is 13.6. The molecule has 0 fully saturated rings. The Hall–Kier alpha value is -4.36. The molecule has 7 nitrogen and oxygen atoms in total. The van der Waals surface area contributed by atoms with Gasteiger partial charge in [-0.25, -0.2) is 0 Å². The average molecular weight is 457 g/mol. The minimum absolute atomic E-state index is 0.00989. The zero-order valence-corrected chi connectivity index (χ0v) is 17.9. The molecule has 4 aromatic rings. The number of anilines is 2. The van der Waals surface area contributed by atoms with Gasteiger partial charge in [0, 0.05) is 40.0 Å². The van der Waals surface area contributed by atoms with Crippen molar-refractivity contribution in [3.63, 3.8) is 0 Å². The summed E-state index contributed by atoms with van der Waals surface area (Å²) >= 11 is 5.92. The zero-order valence-electron chi connectivity index (χ0n) is 17.1. The summed E-state index contributed by atoms with van der Waals surface area (Å²) in [5, 5.41) is 6.10. The lowest BCUT2D eigenvalue weighted by molar-refractivity contribution is -0.110. The number of carbonyl (C=O) groups is 2. The molecular weight excluding hydrogens is 440 g/mol. The summed E-state index contributed by atoms with van der Waals surface area (Å²) in [4.78, 5) is 41.2. The van der Waals surface area contributed by atoms with Crippen LogP contribution in [0.15, 0.2) is 83.9 Å². The quantitative estimate of drug-likeness (QED) is 0.393. The Morgan fingerprint density at radius 1 is 1.00 bits per heavy atom. The number of nitrogens with zero attached hydrogens (tertiary/aromatic N) is 1. The van der Waals surface area contributed by atoms with Gasteiger partial charge in [-0.05, 0) is 66.7 Å². The number of aromatic amines is 1. The molecule has 0 radical (unpaired) electrons. The fraction of sp³-hybridized carbons (Fsp3) is 0. The maximum absolute atomic E-state index is 12.9. The second-order valence-corrected chi connectivity index (χ2v) is 7.86. The van der Waals surface area contributed by atoms with E-state index in [1.807, 2.05) is 12.1 Å². The van der Waals surface area contributed by atoms with Crippen LogP contribution in [0.1, 0.15) is 21.6 Å². The van der Waals surface area contributed by atoms with Crippen molar-refractivity contribution in [1.82, 2.24) is 9.55 Å². The van der Waals surface area contributed by atoms with Gasteiger partial charge in [-0.15, -0.1) is 0 Å². The topological polar surface area (TPSA) is 96.0 Å². The summed E-state index contributed by atoms with van der Waals surface area (Å²) in [6, 6.07) is 18.7. The van der Waals surface area contributed by atoms with E-state index in [4.69, 9.17) is 11.6 Å². The lowest BCUT2D eigenvalue weighted by Crippen LogP contribution is -2.27. The van der Waals surface area contributed by atoms with Gasteiger partial charge in [-0.1, -0.05) is 17.7 Å². The monoisotopic (exact) mass is 456 g/mol. The molecule has 162 valence electrons. The van der Waals surface area contributed by atoms with Crippen molar-refractivity contribution in [2.45, 2.75) is 0 Å². The van der Waals surface area contributed by atoms with Crippen LogP contribution >= 0.6 is 11.6 Å². The average Bonchev–Trinajstić information content (AvgIpc) is 3.42. The minimum atomic E-state index is -0.547. The molecule has 8 heteroatoms. The third-order valence-corrected chi connectivity index (χ3v) is 5.53. The lowest BCUT2D eigenvalue weighted by Gasteiger charge is -2.10. The van der Waals surface area contributed by atoms with Crippen molar-refractivity contribution in [3.05, 3.63) is 111 Å². The van der Waals surface area contributed by atoms with Gasteiger partial charge in [0.15, 0.2) is 0 Å². The van der Waals surface area contributed by atoms with E-state index in [-0.39, 0.29) is 11.5 Å². The van der Waals surface area contributed by atoms with Crippen LogP contribution in [0.5, 0.6) is 0 Å². The highest BCUT2D eigenvalue weighted by atomic mass is 35.5. The van der Waals surface area contributed by atoms with Gasteiger partial charge in [0.1, 0.15) is 5.56 Å². The van der Waals surface area contributed by atoms with Crippen LogP contribution in [0.4, 0.5) is 11.4 Å². The third kappa shape index (κ3) is 3.97. The van der Waals surface area contributed by atoms with Crippen molar-refractivity contribution in [3.8, 4) is 5.69 Å². The van der Waals surface area contributed by atoms with Gasteiger partial charge in [-0.3, -0.25) is 19.0 Å². The Bertz CT molecular complexity index is 1470. The van der Waals surface area contributed by atoms with Crippen LogP contribution in [-0.4, -0.2) is 21.4 Å². The highest BCUT2D eigenvalue weighted by Gasteiger charge is 2.25. The number of benzene rings is 2. The van der Waals surface area contributed by atoms with E-state index in [1.54, 1.807) is 67.0 Å². The summed E-state index contributed by atoms with van der Waals surface area (Å²) in [6.07, 6.45) is 5.14. The molecule has 3 N–H and O–H groups in total. The molecule has 33 heavy (non-hydrogen) atoms. The Kier molecular flexibility index (Phi) is 5.16. The summed E-state index contributed by atoms with van der Waals surface area (Å²) in [5.74, 6) is -0.772. The Morgan fingerprint density at radius 3 is 2.58 bits per heavy atom. The van der Waals surface area contributed by atoms with Gasteiger partial charge in [-0.2, -0.15) is 0 Å². The summed E-state index contributed by atoms with van der Waals surface area (Å²) in [6.45, 7) is 0. The van der Waals surface area contributed by atoms with Crippen molar-refractivity contribution < 1.29 is 9.59 Å². The lowest BCUT2D eigenvalue weighted by atomic mass is 10.1. The molecule has 1 aliphatic heterocycles. The number of aromatic nitrogens is 2. The molecule has 0 saturated heterocycles. The van der Waals surface area contributed by atoms with Crippen molar-refractivity contribution in [2.75, 3.05) is 10.6 Å². The van der Waals surface area contributed by atoms with Crippen LogP contribution < -0.4 is 16.2 Å².